The first kappa shape index (κ1) is 12.5. The van der Waals surface area contributed by atoms with Gasteiger partial charge in [-0.3, -0.25) is 10.1 Å². The highest BCUT2D eigenvalue weighted by atomic mass is 79.9. The molecule has 1 heterocycles. The largest absolute Gasteiger partial charge is 0.349 e. The maximum absolute atomic E-state index is 10.8. The highest BCUT2D eigenvalue weighted by Gasteiger charge is 2.22. The first-order chi connectivity index (χ1) is 7.35. The molecule has 0 spiro atoms. The van der Waals surface area contributed by atoms with Gasteiger partial charge < -0.3 is 5.32 Å². The summed E-state index contributed by atoms with van der Waals surface area (Å²) in [5, 5.41) is 13.6. The van der Waals surface area contributed by atoms with Gasteiger partial charge >= 0.3 is 5.69 Å². The van der Waals surface area contributed by atoms with Gasteiger partial charge in [0.15, 0.2) is 0 Å². The first-order valence-corrected chi connectivity index (χ1v) is 5.21. The van der Waals surface area contributed by atoms with Crippen LogP contribution < -0.4 is 5.32 Å². The third kappa shape index (κ3) is 2.94. The minimum atomic E-state index is -0.689. The standard InChI is InChI=1S/C10H10BrN3O2/c1-4-10(2,3)13-9-8(14(15)16)5-7(11)6-12-9/h1,5-6H,2-3H3,(H,12,13). The van der Waals surface area contributed by atoms with Crippen molar-refractivity contribution in [3.05, 3.63) is 26.9 Å². The van der Waals surface area contributed by atoms with Gasteiger partial charge in [0.1, 0.15) is 0 Å². The van der Waals surface area contributed by atoms with Crippen molar-refractivity contribution in [3.63, 3.8) is 0 Å². The van der Waals surface area contributed by atoms with Crippen LogP contribution in [0.1, 0.15) is 13.8 Å². The second-order valence-electron chi connectivity index (χ2n) is 3.67. The molecule has 0 aliphatic heterocycles. The molecule has 0 fully saturated rings. The molecule has 6 heteroatoms. The second kappa shape index (κ2) is 4.49. The summed E-state index contributed by atoms with van der Waals surface area (Å²) < 4.78 is 0.545. The SMILES string of the molecule is C#CC(C)(C)Nc1ncc(Br)cc1[N+](=O)[O-]. The normalized spacial score (nSPS) is 10.6. The van der Waals surface area contributed by atoms with Gasteiger partial charge in [-0.25, -0.2) is 4.98 Å². The van der Waals surface area contributed by atoms with Gasteiger partial charge in [-0.1, -0.05) is 5.92 Å². The van der Waals surface area contributed by atoms with Gasteiger partial charge in [-0.2, -0.15) is 0 Å². The zero-order valence-corrected chi connectivity index (χ0v) is 10.4. The molecule has 1 aromatic rings. The Morgan fingerprint density at radius 1 is 1.69 bits per heavy atom. The smallest absolute Gasteiger partial charge is 0.312 e. The van der Waals surface area contributed by atoms with Crippen molar-refractivity contribution in [2.24, 2.45) is 0 Å². The second-order valence-corrected chi connectivity index (χ2v) is 4.59. The summed E-state index contributed by atoms with van der Waals surface area (Å²) >= 11 is 3.13. The predicted octanol–water partition coefficient (Wildman–Crippen LogP) is 2.58. The maximum atomic E-state index is 10.8. The molecule has 0 radical (unpaired) electrons. The van der Waals surface area contributed by atoms with Crippen LogP contribution in [-0.4, -0.2) is 15.4 Å². The van der Waals surface area contributed by atoms with Crippen molar-refractivity contribution in [2.45, 2.75) is 19.4 Å². The fraction of sp³-hybridized carbons (Fsp3) is 0.300. The number of nitro groups is 1. The highest BCUT2D eigenvalue weighted by molar-refractivity contribution is 9.10. The van der Waals surface area contributed by atoms with Gasteiger partial charge in [0.05, 0.1) is 10.5 Å². The van der Waals surface area contributed by atoms with E-state index >= 15 is 0 Å². The van der Waals surface area contributed by atoms with Crippen LogP contribution in [0.4, 0.5) is 11.5 Å². The Hall–Kier alpha value is -1.61. The Labute approximate surface area is 102 Å². The van der Waals surface area contributed by atoms with E-state index in [9.17, 15) is 10.1 Å². The molecule has 0 amide bonds. The van der Waals surface area contributed by atoms with E-state index in [-0.39, 0.29) is 11.5 Å². The zero-order valence-electron chi connectivity index (χ0n) is 8.82. The summed E-state index contributed by atoms with van der Waals surface area (Å²) in [6, 6.07) is 1.38. The van der Waals surface area contributed by atoms with Crippen molar-refractivity contribution in [1.82, 2.24) is 4.98 Å². The fourth-order valence-corrected chi connectivity index (χ4v) is 1.32. The highest BCUT2D eigenvalue weighted by Crippen LogP contribution is 2.27. The number of rotatable bonds is 3. The van der Waals surface area contributed by atoms with E-state index in [0.717, 1.165) is 0 Å². The van der Waals surface area contributed by atoms with Gasteiger partial charge in [-0.05, 0) is 29.8 Å². The molecule has 0 aliphatic rings. The number of nitrogens with one attached hydrogen (secondary N) is 1. The monoisotopic (exact) mass is 283 g/mol. The van der Waals surface area contributed by atoms with Gasteiger partial charge in [0.25, 0.3) is 0 Å². The summed E-state index contributed by atoms with van der Waals surface area (Å²) in [7, 11) is 0. The molecule has 0 unspecified atom stereocenters. The van der Waals surface area contributed by atoms with Crippen LogP contribution in [0, 0.1) is 22.5 Å². The molecule has 16 heavy (non-hydrogen) atoms. The average molecular weight is 284 g/mol. The molecule has 1 N–H and O–H groups in total. The lowest BCUT2D eigenvalue weighted by atomic mass is 10.1. The third-order valence-electron chi connectivity index (χ3n) is 1.82. The molecule has 1 aromatic heterocycles. The van der Waals surface area contributed by atoms with E-state index in [1.807, 2.05) is 0 Å². The van der Waals surface area contributed by atoms with E-state index < -0.39 is 10.5 Å². The number of terminal acetylenes is 1. The average Bonchev–Trinajstić information content (AvgIpc) is 2.20. The fourth-order valence-electron chi connectivity index (χ4n) is 0.996. The minimum Gasteiger partial charge on any atom is -0.349 e. The van der Waals surface area contributed by atoms with Crippen LogP contribution in [-0.2, 0) is 0 Å². The molecule has 0 saturated carbocycles. The Morgan fingerprint density at radius 3 is 2.81 bits per heavy atom. The molecule has 5 nitrogen and oxygen atoms in total. The maximum Gasteiger partial charge on any atom is 0.312 e. The lowest BCUT2D eigenvalue weighted by Crippen LogP contribution is -2.29. The summed E-state index contributed by atoms with van der Waals surface area (Å²) in [5.41, 5.74) is -0.802. The molecule has 0 aromatic carbocycles. The van der Waals surface area contributed by atoms with Gasteiger partial charge in [-0.15, -0.1) is 6.42 Å². The van der Waals surface area contributed by atoms with Gasteiger partial charge in [0, 0.05) is 16.7 Å². The molecular formula is C10H10BrN3O2. The van der Waals surface area contributed by atoms with Gasteiger partial charge in [0.2, 0.25) is 5.82 Å². The topological polar surface area (TPSA) is 68.1 Å². The molecule has 0 saturated heterocycles. The summed E-state index contributed by atoms with van der Waals surface area (Å²) in [5.74, 6) is 2.65. The number of pyridine rings is 1. The van der Waals surface area contributed by atoms with E-state index in [2.05, 4.69) is 32.2 Å². The van der Waals surface area contributed by atoms with Crippen LogP contribution in [0.15, 0.2) is 16.7 Å². The molecular weight excluding hydrogens is 274 g/mol. The quantitative estimate of drug-likeness (QED) is 0.526. The number of halogens is 1. The van der Waals surface area contributed by atoms with Crippen LogP contribution in [0.25, 0.3) is 0 Å². The van der Waals surface area contributed by atoms with E-state index in [4.69, 9.17) is 6.42 Å². The van der Waals surface area contributed by atoms with E-state index in [0.29, 0.717) is 4.47 Å². The van der Waals surface area contributed by atoms with E-state index in [1.54, 1.807) is 13.8 Å². The van der Waals surface area contributed by atoms with Crippen molar-refractivity contribution in [3.8, 4) is 12.3 Å². The zero-order chi connectivity index (χ0) is 12.3. The number of hydrogen-bond acceptors (Lipinski definition) is 4. The van der Waals surface area contributed by atoms with Crippen LogP contribution >= 0.6 is 15.9 Å². The molecule has 84 valence electrons. The van der Waals surface area contributed by atoms with Crippen LogP contribution in [0.2, 0.25) is 0 Å². The van der Waals surface area contributed by atoms with Crippen molar-refractivity contribution in [2.75, 3.05) is 5.32 Å². The lowest BCUT2D eigenvalue weighted by Gasteiger charge is -2.19. The number of anilines is 1. The first-order valence-electron chi connectivity index (χ1n) is 4.41. The molecule has 0 bridgehead atoms. The Morgan fingerprint density at radius 2 is 2.31 bits per heavy atom. The Kier molecular flexibility index (Phi) is 3.50. The number of aromatic nitrogens is 1. The third-order valence-corrected chi connectivity index (χ3v) is 2.26. The molecule has 1 rings (SSSR count). The molecule has 0 aliphatic carbocycles. The number of hydrogen-bond donors (Lipinski definition) is 1. The van der Waals surface area contributed by atoms with Crippen LogP contribution in [0.5, 0.6) is 0 Å². The van der Waals surface area contributed by atoms with Crippen LogP contribution in [0.3, 0.4) is 0 Å². The Balaban J connectivity index is 3.15. The summed E-state index contributed by atoms with van der Waals surface area (Å²) in [4.78, 5) is 14.2. The lowest BCUT2D eigenvalue weighted by molar-refractivity contribution is -0.384. The molecule has 0 atom stereocenters. The summed E-state index contributed by atoms with van der Waals surface area (Å²) in [6.07, 6.45) is 6.76. The summed E-state index contributed by atoms with van der Waals surface area (Å²) in [6.45, 7) is 3.47. The predicted molar refractivity (Wildman–Crippen MR) is 65.1 cm³/mol. The van der Waals surface area contributed by atoms with Crippen molar-refractivity contribution < 1.29 is 4.92 Å². The van der Waals surface area contributed by atoms with Crippen molar-refractivity contribution in [1.29, 1.82) is 0 Å². The van der Waals surface area contributed by atoms with Crippen molar-refractivity contribution >= 4 is 27.4 Å². The van der Waals surface area contributed by atoms with E-state index in [1.165, 1.54) is 12.3 Å². The Bertz CT molecular complexity index is 466. The minimum absolute atomic E-state index is 0.113. The number of nitrogens with zero attached hydrogens (tertiary/aromatic N) is 2.